The molecule has 49 heavy (non-hydrogen) atoms. The number of aromatic nitrogens is 1. The molecule has 1 aliphatic heterocycles. The number of aryl methyl sites for hydroxylation is 1. The lowest BCUT2D eigenvalue weighted by Crippen LogP contribution is -2.53. The van der Waals surface area contributed by atoms with Crippen LogP contribution in [0.15, 0.2) is 54.7 Å². The van der Waals surface area contributed by atoms with E-state index in [1.165, 1.54) is 35.2 Å². The van der Waals surface area contributed by atoms with Gasteiger partial charge in [-0.1, -0.05) is 37.6 Å². The van der Waals surface area contributed by atoms with E-state index in [-0.39, 0.29) is 17.2 Å². The molecule has 3 aromatic rings. The quantitative estimate of drug-likeness (QED) is 0.190. The van der Waals surface area contributed by atoms with Gasteiger partial charge in [-0.05, 0) is 128 Å². The zero-order valence-corrected chi connectivity index (χ0v) is 29.4. The highest BCUT2D eigenvalue weighted by atomic mass is 35.5. The predicted molar refractivity (Wildman–Crippen MR) is 191 cm³/mol. The maximum Gasteiger partial charge on any atom is 0.329 e. The smallest absolute Gasteiger partial charge is 0.329 e. The van der Waals surface area contributed by atoms with E-state index in [1.807, 2.05) is 24.4 Å². The maximum atomic E-state index is 12.9. The number of aliphatic carboxylic acids is 1. The topological polar surface area (TPSA) is 110 Å². The molecule has 1 saturated heterocycles. The lowest BCUT2D eigenvalue weighted by molar-refractivity contribution is -0.144. The van der Waals surface area contributed by atoms with E-state index in [1.54, 1.807) is 12.1 Å². The Morgan fingerprint density at radius 2 is 1.96 bits per heavy atom. The van der Waals surface area contributed by atoms with Crippen molar-refractivity contribution in [2.45, 2.75) is 94.9 Å². The lowest BCUT2D eigenvalue weighted by atomic mass is 9.59. The minimum atomic E-state index is -1.08. The maximum absolute atomic E-state index is 12.9. The molecule has 1 spiro atoms. The highest BCUT2D eigenvalue weighted by Crippen LogP contribution is 2.57. The Balaban J connectivity index is 1.12. The lowest BCUT2D eigenvalue weighted by Gasteiger charge is -2.47. The molecule has 1 amide bonds. The molecule has 2 aromatic carbocycles. The highest BCUT2D eigenvalue weighted by molar-refractivity contribution is 6.30. The first-order valence-corrected chi connectivity index (χ1v) is 18.4. The van der Waals surface area contributed by atoms with Crippen molar-refractivity contribution in [1.82, 2.24) is 10.3 Å². The number of amides is 1. The average molecular weight is 686 g/mol. The first-order valence-electron chi connectivity index (χ1n) is 18.0. The number of hydrogen-bond acceptors (Lipinski definition) is 6. The van der Waals surface area contributed by atoms with E-state index in [9.17, 15) is 14.7 Å². The number of carboxylic acids is 1. The second-order valence-corrected chi connectivity index (χ2v) is 15.6. The number of halogens is 1. The van der Waals surface area contributed by atoms with Crippen LogP contribution in [0, 0.1) is 17.8 Å². The predicted octanol–water partition coefficient (Wildman–Crippen LogP) is 7.71. The van der Waals surface area contributed by atoms with Crippen LogP contribution in [-0.4, -0.2) is 47.3 Å². The summed E-state index contributed by atoms with van der Waals surface area (Å²) in [6, 6.07) is 15.8. The number of ether oxygens (including phenoxy) is 2. The minimum Gasteiger partial charge on any atom is -0.493 e. The van der Waals surface area contributed by atoms with Gasteiger partial charge in [0, 0.05) is 47.0 Å². The molecular formula is C40H48ClN3O5. The molecule has 9 heteroatoms. The first-order chi connectivity index (χ1) is 23.6. The van der Waals surface area contributed by atoms with Crippen molar-refractivity contribution < 1.29 is 24.2 Å². The Morgan fingerprint density at radius 1 is 1.12 bits per heavy atom. The molecule has 4 aliphatic rings. The molecule has 0 bridgehead atoms. The molecule has 1 aromatic heterocycles. The van der Waals surface area contributed by atoms with Crippen LogP contribution in [0.25, 0.3) is 0 Å². The molecule has 7 rings (SSSR count). The van der Waals surface area contributed by atoms with Gasteiger partial charge in [-0.15, -0.1) is 0 Å². The summed E-state index contributed by atoms with van der Waals surface area (Å²) in [4.78, 5) is 29.4. The van der Waals surface area contributed by atoms with Gasteiger partial charge in [0.05, 0.1) is 13.2 Å². The Bertz CT molecular complexity index is 1700. The number of nitrogens with zero attached hydrogens (tertiary/aromatic N) is 1. The fourth-order valence-corrected chi connectivity index (χ4v) is 9.35. The largest absolute Gasteiger partial charge is 0.493 e. The summed E-state index contributed by atoms with van der Waals surface area (Å²) in [5.41, 5.74) is 4.55. The van der Waals surface area contributed by atoms with Gasteiger partial charge in [0.15, 0.2) is 0 Å². The van der Waals surface area contributed by atoms with Gasteiger partial charge >= 0.3 is 5.97 Å². The van der Waals surface area contributed by atoms with E-state index in [0.29, 0.717) is 61.8 Å². The van der Waals surface area contributed by atoms with Crippen LogP contribution >= 0.6 is 11.6 Å². The van der Waals surface area contributed by atoms with E-state index >= 15 is 0 Å². The summed E-state index contributed by atoms with van der Waals surface area (Å²) in [5.74, 6) is 2.31. The minimum absolute atomic E-state index is 0.0799. The number of hydrogen-bond donors (Lipinski definition) is 3. The number of pyridine rings is 1. The van der Waals surface area contributed by atoms with Crippen molar-refractivity contribution in [2.75, 3.05) is 25.1 Å². The van der Waals surface area contributed by atoms with Gasteiger partial charge in [-0.25, -0.2) is 4.79 Å². The zero-order valence-electron chi connectivity index (χ0n) is 28.6. The number of carboxylic acid groups (broad SMARTS) is 1. The van der Waals surface area contributed by atoms with E-state index in [2.05, 4.69) is 47.7 Å². The summed E-state index contributed by atoms with van der Waals surface area (Å²) in [7, 11) is 0. The van der Waals surface area contributed by atoms with Gasteiger partial charge in [0.25, 0.3) is 0 Å². The van der Waals surface area contributed by atoms with Crippen molar-refractivity contribution in [1.29, 1.82) is 0 Å². The van der Waals surface area contributed by atoms with Crippen molar-refractivity contribution in [3.63, 3.8) is 0 Å². The van der Waals surface area contributed by atoms with Crippen molar-refractivity contribution in [2.24, 2.45) is 17.8 Å². The number of fused-ring (bicyclic) bond motifs is 3. The number of anilines is 1. The SMILES string of the molecule is C[C@@H](COc1ccnc2c1[C@H](C)CCC2)CC1Cc2ccc(OCC3CNC(=O)C3)cc2C12CCC(Nc1cccc(Cl)c1)(C(=O)O)CC2. The molecule has 3 N–H and O–H groups in total. The molecule has 1 saturated carbocycles. The molecule has 260 valence electrons. The van der Waals surface area contributed by atoms with Crippen LogP contribution in [0.5, 0.6) is 11.5 Å². The average Bonchev–Trinajstić information content (AvgIpc) is 3.63. The second kappa shape index (κ2) is 13.9. The van der Waals surface area contributed by atoms with Crippen LogP contribution in [0.4, 0.5) is 5.69 Å². The fraction of sp³-hybridized carbons (Fsp3) is 0.525. The molecule has 2 heterocycles. The standard InChI is InChI=1S/C40H48ClN3O5/c1-25(23-49-35-11-16-42-34-8-3-5-26(2)37(34)35)17-29-19-28-9-10-32(48-24-27-18-36(45)43-22-27)21-33(28)39(29)12-14-40(15-13-39,38(46)47)44-31-7-4-6-30(41)20-31/h4,6-7,9-11,16,20-21,25-27,29,44H,3,5,8,12-15,17-19,22-24H2,1-2H3,(H,43,45)(H,46,47)/t25-,26-,27?,29?,39?,40?/m1/s1. The van der Waals surface area contributed by atoms with Crippen LogP contribution in [0.2, 0.25) is 5.02 Å². The Kier molecular flexibility index (Phi) is 9.53. The van der Waals surface area contributed by atoms with Crippen LogP contribution in [0.3, 0.4) is 0 Å². The van der Waals surface area contributed by atoms with Crippen LogP contribution < -0.4 is 20.1 Å². The number of rotatable bonds is 11. The van der Waals surface area contributed by atoms with Crippen LogP contribution in [0.1, 0.15) is 93.5 Å². The van der Waals surface area contributed by atoms with E-state index < -0.39 is 11.5 Å². The second-order valence-electron chi connectivity index (χ2n) is 15.2. The molecule has 2 fully saturated rings. The van der Waals surface area contributed by atoms with Gasteiger partial charge in [-0.3, -0.25) is 9.78 Å². The Morgan fingerprint density at radius 3 is 2.71 bits per heavy atom. The number of nitrogens with one attached hydrogen (secondary N) is 2. The van der Waals surface area contributed by atoms with Crippen molar-refractivity contribution in [3.05, 3.63) is 82.1 Å². The number of carbonyl (C=O) groups excluding carboxylic acids is 1. The molecule has 4 atom stereocenters. The third kappa shape index (κ3) is 6.86. The zero-order chi connectivity index (χ0) is 34.2. The van der Waals surface area contributed by atoms with Gasteiger partial charge < -0.3 is 25.2 Å². The van der Waals surface area contributed by atoms with Crippen molar-refractivity contribution in [3.8, 4) is 11.5 Å². The van der Waals surface area contributed by atoms with Crippen molar-refractivity contribution >= 4 is 29.2 Å². The summed E-state index contributed by atoms with van der Waals surface area (Å²) < 4.78 is 12.8. The van der Waals surface area contributed by atoms with E-state index in [0.717, 1.165) is 49.3 Å². The normalized spacial score (nSPS) is 28.0. The Hall–Kier alpha value is -3.78. The van der Waals surface area contributed by atoms with E-state index in [4.69, 9.17) is 21.1 Å². The number of carbonyl (C=O) groups is 2. The van der Waals surface area contributed by atoms with Gasteiger partial charge in [0.1, 0.15) is 17.0 Å². The summed E-state index contributed by atoms with van der Waals surface area (Å²) in [6.07, 6.45) is 10.2. The molecular weight excluding hydrogens is 638 g/mol. The third-order valence-corrected chi connectivity index (χ3v) is 12.0. The first kappa shape index (κ1) is 33.7. The Labute approximate surface area is 294 Å². The molecule has 2 unspecified atom stereocenters. The monoisotopic (exact) mass is 685 g/mol. The number of benzene rings is 2. The summed E-state index contributed by atoms with van der Waals surface area (Å²) in [6.45, 7) is 6.33. The summed E-state index contributed by atoms with van der Waals surface area (Å²) >= 11 is 6.27. The molecule has 8 nitrogen and oxygen atoms in total. The summed E-state index contributed by atoms with van der Waals surface area (Å²) in [5, 5.41) is 17.5. The highest BCUT2D eigenvalue weighted by Gasteiger charge is 2.54. The van der Waals surface area contributed by atoms with Gasteiger partial charge in [-0.2, -0.15) is 0 Å². The molecule has 3 aliphatic carbocycles. The van der Waals surface area contributed by atoms with Crippen LogP contribution in [-0.2, 0) is 27.8 Å². The third-order valence-electron chi connectivity index (χ3n) is 11.8. The van der Waals surface area contributed by atoms with Gasteiger partial charge in [0.2, 0.25) is 5.91 Å². The molecule has 0 radical (unpaired) electrons. The fourth-order valence-electron chi connectivity index (χ4n) is 9.16.